The van der Waals surface area contributed by atoms with E-state index in [4.69, 9.17) is 27.9 Å². The molecule has 1 aliphatic heterocycles. The first-order valence-corrected chi connectivity index (χ1v) is 11.7. The van der Waals surface area contributed by atoms with Crippen LogP contribution in [0.15, 0.2) is 42.5 Å². The second-order valence-electron chi connectivity index (χ2n) is 9.18. The lowest BCUT2D eigenvalue weighted by Gasteiger charge is -2.26. The molecule has 1 aromatic heterocycles. The van der Waals surface area contributed by atoms with Gasteiger partial charge in [0.25, 0.3) is 0 Å². The summed E-state index contributed by atoms with van der Waals surface area (Å²) in [6.07, 6.45) is 0.902. The summed E-state index contributed by atoms with van der Waals surface area (Å²) in [5.41, 5.74) is 3.14. The first kappa shape index (κ1) is 23.5. The molecule has 1 N–H and O–H groups in total. The average Bonchev–Trinajstić information content (AvgIpc) is 2.88. The Morgan fingerprint density at radius 1 is 1.03 bits per heavy atom. The van der Waals surface area contributed by atoms with Crippen molar-refractivity contribution in [3.63, 3.8) is 0 Å². The Labute approximate surface area is 203 Å². The van der Waals surface area contributed by atoms with E-state index in [1.165, 1.54) is 0 Å². The van der Waals surface area contributed by atoms with E-state index in [1.807, 2.05) is 67.8 Å². The zero-order valence-corrected chi connectivity index (χ0v) is 20.5. The molecule has 2 amide bonds. The third-order valence-corrected chi connectivity index (χ3v) is 6.31. The van der Waals surface area contributed by atoms with Gasteiger partial charge in [-0.1, -0.05) is 41.4 Å². The van der Waals surface area contributed by atoms with Gasteiger partial charge < -0.3 is 19.5 Å². The van der Waals surface area contributed by atoms with Crippen LogP contribution in [0.1, 0.15) is 32.0 Å². The standard InChI is InChI=1S/C25H27Cl2N3O3/c1-25(2,3)33-24(32)29-11-9-17-18-13-19(26)20(27)14-22(18)30(21(17)10-12-29)15-23(31)28-16-7-5-4-6-8-16/h4-8,13-14H,9-12,15H2,1-3H3,(H,28,31). The van der Waals surface area contributed by atoms with Crippen molar-refractivity contribution >= 4 is 51.8 Å². The molecule has 0 aliphatic carbocycles. The number of amides is 2. The first-order chi connectivity index (χ1) is 15.6. The van der Waals surface area contributed by atoms with Gasteiger partial charge in [-0.15, -0.1) is 0 Å². The van der Waals surface area contributed by atoms with Crippen molar-refractivity contribution in [1.82, 2.24) is 9.47 Å². The third-order valence-electron chi connectivity index (χ3n) is 5.59. The number of halogens is 2. The first-order valence-electron chi connectivity index (χ1n) is 10.9. The molecule has 33 heavy (non-hydrogen) atoms. The van der Waals surface area contributed by atoms with Crippen molar-refractivity contribution in [2.75, 3.05) is 18.4 Å². The van der Waals surface area contributed by atoms with E-state index >= 15 is 0 Å². The minimum absolute atomic E-state index is 0.130. The molecule has 3 aromatic rings. The quantitative estimate of drug-likeness (QED) is 0.498. The van der Waals surface area contributed by atoms with Crippen LogP contribution in [0.5, 0.6) is 0 Å². The summed E-state index contributed by atoms with van der Waals surface area (Å²) >= 11 is 12.7. The van der Waals surface area contributed by atoms with Gasteiger partial charge in [0.15, 0.2) is 0 Å². The second-order valence-corrected chi connectivity index (χ2v) is 9.99. The van der Waals surface area contributed by atoms with E-state index in [2.05, 4.69) is 5.32 Å². The Bertz CT molecular complexity index is 1200. The van der Waals surface area contributed by atoms with Crippen molar-refractivity contribution in [1.29, 1.82) is 0 Å². The van der Waals surface area contributed by atoms with Crippen LogP contribution in [-0.2, 0) is 28.9 Å². The number of benzene rings is 2. The molecule has 0 atom stereocenters. The Morgan fingerprint density at radius 3 is 2.39 bits per heavy atom. The molecule has 2 aromatic carbocycles. The molecule has 6 nitrogen and oxygen atoms in total. The smallest absolute Gasteiger partial charge is 0.410 e. The minimum atomic E-state index is -0.558. The number of anilines is 1. The number of rotatable bonds is 3. The molecular weight excluding hydrogens is 461 g/mol. The van der Waals surface area contributed by atoms with E-state index in [0.29, 0.717) is 36.0 Å². The fourth-order valence-corrected chi connectivity index (χ4v) is 4.51. The lowest BCUT2D eigenvalue weighted by Crippen LogP contribution is -2.38. The lowest BCUT2D eigenvalue weighted by atomic mass is 10.1. The minimum Gasteiger partial charge on any atom is -0.444 e. The predicted molar refractivity (Wildman–Crippen MR) is 132 cm³/mol. The largest absolute Gasteiger partial charge is 0.444 e. The van der Waals surface area contributed by atoms with Crippen molar-refractivity contribution in [3.8, 4) is 0 Å². The summed E-state index contributed by atoms with van der Waals surface area (Å²) in [6, 6.07) is 13.0. The number of fused-ring (bicyclic) bond motifs is 3. The number of hydrogen-bond acceptors (Lipinski definition) is 3. The number of carbonyl (C=O) groups is 2. The summed E-state index contributed by atoms with van der Waals surface area (Å²) < 4.78 is 7.56. The molecule has 0 bridgehead atoms. The van der Waals surface area contributed by atoms with Crippen LogP contribution in [0.4, 0.5) is 10.5 Å². The van der Waals surface area contributed by atoms with Crippen molar-refractivity contribution in [3.05, 3.63) is 63.8 Å². The maximum absolute atomic E-state index is 12.9. The van der Waals surface area contributed by atoms with Crippen LogP contribution in [0, 0.1) is 0 Å². The molecular formula is C25H27Cl2N3O3. The summed E-state index contributed by atoms with van der Waals surface area (Å²) in [5.74, 6) is -0.139. The van der Waals surface area contributed by atoms with Crippen LogP contribution < -0.4 is 5.32 Å². The summed E-state index contributed by atoms with van der Waals surface area (Å²) in [6.45, 7) is 6.73. The zero-order valence-electron chi connectivity index (χ0n) is 19.0. The molecule has 0 unspecified atom stereocenters. The van der Waals surface area contributed by atoms with Gasteiger partial charge in [-0.2, -0.15) is 0 Å². The summed E-state index contributed by atoms with van der Waals surface area (Å²) in [4.78, 5) is 27.3. The van der Waals surface area contributed by atoms with Crippen molar-refractivity contribution in [2.24, 2.45) is 0 Å². The number of aromatic nitrogens is 1. The van der Waals surface area contributed by atoms with Crippen molar-refractivity contribution < 1.29 is 14.3 Å². The molecule has 0 radical (unpaired) electrons. The molecule has 174 valence electrons. The van der Waals surface area contributed by atoms with Crippen LogP contribution >= 0.6 is 23.2 Å². The highest BCUT2D eigenvalue weighted by Crippen LogP contribution is 2.35. The van der Waals surface area contributed by atoms with Gasteiger partial charge in [0, 0.05) is 36.3 Å². The fourth-order valence-electron chi connectivity index (χ4n) is 4.18. The molecule has 2 heterocycles. The maximum Gasteiger partial charge on any atom is 0.410 e. The van der Waals surface area contributed by atoms with E-state index in [0.717, 1.165) is 27.8 Å². The van der Waals surface area contributed by atoms with Crippen LogP contribution in [-0.4, -0.2) is 40.2 Å². The number of para-hydroxylation sites is 1. The molecule has 0 fully saturated rings. The normalized spacial score (nSPS) is 14.0. The number of nitrogens with one attached hydrogen (secondary N) is 1. The van der Waals surface area contributed by atoms with Gasteiger partial charge in [-0.3, -0.25) is 4.79 Å². The third kappa shape index (κ3) is 5.28. The number of ether oxygens (including phenoxy) is 1. The number of carbonyl (C=O) groups excluding carboxylic acids is 2. The summed E-state index contributed by atoms with van der Waals surface area (Å²) in [5, 5.41) is 4.80. The van der Waals surface area contributed by atoms with E-state index in [9.17, 15) is 9.59 Å². The van der Waals surface area contributed by atoms with Gasteiger partial charge in [0.05, 0.1) is 15.6 Å². The molecule has 8 heteroatoms. The fraction of sp³-hybridized carbons (Fsp3) is 0.360. The highest BCUT2D eigenvalue weighted by molar-refractivity contribution is 6.42. The van der Waals surface area contributed by atoms with Crippen LogP contribution in [0.3, 0.4) is 0 Å². The Balaban J connectivity index is 1.66. The Kier molecular flexibility index (Phi) is 6.59. The van der Waals surface area contributed by atoms with Gasteiger partial charge >= 0.3 is 6.09 Å². The van der Waals surface area contributed by atoms with Crippen LogP contribution in [0.25, 0.3) is 10.9 Å². The van der Waals surface area contributed by atoms with E-state index < -0.39 is 5.60 Å². The van der Waals surface area contributed by atoms with Gasteiger partial charge in [0.2, 0.25) is 5.91 Å². The number of nitrogens with zero attached hydrogens (tertiary/aromatic N) is 2. The average molecular weight is 488 g/mol. The Morgan fingerprint density at radius 2 is 1.70 bits per heavy atom. The predicted octanol–water partition coefficient (Wildman–Crippen LogP) is 5.92. The van der Waals surface area contributed by atoms with Gasteiger partial charge in [-0.05, 0) is 57.0 Å². The highest BCUT2D eigenvalue weighted by Gasteiger charge is 2.28. The Hall–Kier alpha value is -2.70. The lowest BCUT2D eigenvalue weighted by molar-refractivity contribution is -0.116. The molecule has 4 rings (SSSR count). The SMILES string of the molecule is CC(C)(C)OC(=O)N1CCc2c(n(CC(=O)Nc3ccccc3)c3cc(Cl)c(Cl)cc23)CC1. The van der Waals surface area contributed by atoms with E-state index in [1.54, 1.807) is 4.90 Å². The zero-order chi connectivity index (χ0) is 23.8. The van der Waals surface area contributed by atoms with Crippen LogP contribution in [0.2, 0.25) is 10.0 Å². The highest BCUT2D eigenvalue weighted by atomic mass is 35.5. The molecule has 0 saturated heterocycles. The maximum atomic E-state index is 12.9. The molecule has 1 aliphatic rings. The van der Waals surface area contributed by atoms with Crippen molar-refractivity contribution in [2.45, 2.75) is 45.8 Å². The van der Waals surface area contributed by atoms with Gasteiger partial charge in [-0.25, -0.2) is 4.79 Å². The topological polar surface area (TPSA) is 63.6 Å². The molecule has 0 saturated carbocycles. The number of hydrogen-bond donors (Lipinski definition) is 1. The van der Waals surface area contributed by atoms with Gasteiger partial charge in [0.1, 0.15) is 12.1 Å². The monoisotopic (exact) mass is 487 g/mol. The molecule has 0 spiro atoms. The van der Waals surface area contributed by atoms with E-state index in [-0.39, 0.29) is 18.5 Å². The second kappa shape index (κ2) is 9.27. The summed E-state index contributed by atoms with van der Waals surface area (Å²) in [7, 11) is 0.